The van der Waals surface area contributed by atoms with Gasteiger partial charge in [0, 0.05) is 5.56 Å². The van der Waals surface area contributed by atoms with Crippen molar-refractivity contribution >= 4 is 5.57 Å². The maximum atomic E-state index is 9.08. The first kappa shape index (κ1) is 14.6. The van der Waals surface area contributed by atoms with Gasteiger partial charge in [0.15, 0.2) is 0 Å². The lowest BCUT2D eigenvalue weighted by molar-refractivity contribution is 0.324. The summed E-state index contributed by atoms with van der Waals surface area (Å²) in [6.07, 6.45) is 7.85. The second-order valence-electron chi connectivity index (χ2n) is 4.02. The molecule has 0 unspecified atom stereocenters. The third-order valence-electron chi connectivity index (χ3n) is 2.47. The third kappa shape index (κ3) is 4.36. The van der Waals surface area contributed by atoms with Gasteiger partial charge in [0.1, 0.15) is 5.75 Å². The van der Waals surface area contributed by atoms with Crippen LogP contribution in [0.15, 0.2) is 49.2 Å². The number of allylic oxidation sites excluding steroid dienone is 3. The van der Waals surface area contributed by atoms with E-state index in [1.165, 1.54) is 6.20 Å². The van der Waals surface area contributed by atoms with Crippen LogP contribution in [0, 0.1) is 11.3 Å². The second-order valence-corrected chi connectivity index (χ2v) is 4.02. The van der Waals surface area contributed by atoms with Crippen LogP contribution >= 0.6 is 0 Å². The summed E-state index contributed by atoms with van der Waals surface area (Å²) in [5.41, 5.74) is 7.42. The molecule has 98 valence electrons. The first-order valence-corrected chi connectivity index (χ1v) is 6.06. The van der Waals surface area contributed by atoms with E-state index in [-0.39, 0.29) is 0 Å². The van der Waals surface area contributed by atoms with E-state index in [0.717, 1.165) is 17.6 Å². The zero-order valence-corrected chi connectivity index (χ0v) is 11.1. The number of ether oxygens (including phenoxy) is 1. The topological polar surface area (TPSA) is 59.0 Å². The Kier molecular flexibility index (Phi) is 5.97. The zero-order chi connectivity index (χ0) is 14.1. The van der Waals surface area contributed by atoms with Gasteiger partial charge in [0.25, 0.3) is 0 Å². The summed E-state index contributed by atoms with van der Waals surface area (Å²) in [5, 5.41) is 9.08. The van der Waals surface area contributed by atoms with E-state index >= 15 is 0 Å². The van der Waals surface area contributed by atoms with Crippen LogP contribution in [0.5, 0.6) is 5.75 Å². The van der Waals surface area contributed by atoms with Crippen molar-refractivity contribution < 1.29 is 4.74 Å². The Bertz CT molecular complexity index is 536. The fourth-order valence-corrected chi connectivity index (χ4v) is 1.66. The Hall–Kier alpha value is -2.47. The molecule has 1 aromatic carbocycles. The summed E-state index contributed by atoms with van der Waals surface area (Å²) in [6, 6.07) is 7.59. The van der Waals surface area contributed by atoms with Gasteiger partial charge in [0.05, 0.1) is 18.2 Å². The molecule has 0 saturated heterocycles. The minimum Gasteiger partial charge on any atom is -0.493 e. The Morgan fingerprint density at radius 3 is 2.89 bits per heavy atom. The lowest BCUT2D eigenvalue weighted by Gasteiger charge is -2.12. The Labute approximate surface area is 114 Å². The standard InChI is InChI=1S/C16H18N2O/c1-13(2)16-14(12-18)8-7-9-15(16)19-11-6-4-3-5-10-17/h3-5,7-10H,1,6,11,17H2,2H3/b4-3-,10-5-. The van der Waals surface area contributed by atoms with Gasteiger partial charge in [-0.05, 0) is 43.3 Å². The maximum absolute atomic E-state index is 9.08. The Morgan fingerprint density at radius 2 is 2.26 bits per heavy atom. The molecule has 0 saturated carbocycles. The molecule has 0 aromatic heterocycles. The highest BCUT2D eigenvalue weighted by atomic mass is 16.5. The normalized spacial score (nSPS) is 10.7. The highest BCUT2D eigenvalue weighted by molar-refractivity contribution is 5.72. The van der Waals surface area contributed by atoms with Crippen LogP contribution in [0.1, 0.15) is 24.5 Å². The molecule has 3 nitrogen and oxygen atoms in total. The van der Waals surface area contributed by atoms with E-state index in [0.29, 0.717) is 17.9 Å². The number of nitrogens with two attached hydrogens (primary N) is 1. The molecular weight excluding hydrogens is 236 g/mol. The third-order valence-corrected chi connectivity index (χ3v) is 2.47. The van der Waals surface area contributed by atoms with Crippen LogP contribution in [0.4, 0.5) is 0 Å². The molecule has 0 radical (unpaired) electrons. The second kappa shape index (κ2) is 7.78. The fourth-order valence-electron chi connectivity index (χ4n) is 1.66. The molecule has 0 amide bonds. The van der Waals surface area contributed by atoms with Crippen molar-refractivity contribution in [3.8, 4) is 11.8 Å². The minimum absolute atomic E-state index is 0.546. The van der Waals surface area contributed by atoms with Gasteiger partial charge >= 0.3 is 0 Å². The summed E-state index contributed by atoms with van der Waals surface area (Å²) in [6.45, 7) is 6.31. The van der Waals surface area contributed by atoms with Gasteiger partial charge in [-0.1, -0.05) is 24.8 Å². The zero-order valence-electron chi connectivity index (χ0n) is 11.1. The van der Waals surface area contributed by atoms with Gasteiger partial charge in [0.2, 0.25) is 0 Å². The van der Waals surface area contributed by atoms with Crippen molar-refractivity contribution in [3.63, 3.8) is 0 Å². The van der Waals surface area contributed by atoms with Gasteiger partial charge < -0.3 is 10.5 Å². The lowest BCUT2D eigenvalue weighted by Crippen LogP contribution is -2.00. The smallest absolute Gasteiger partial charge is 0.128 e. The average Bonchev–Trinajstić information content (AvgIpc) is 2.42. The van der Waals surface area contributed by atoms with E-state index in [1.807, 2.05) is 31.2 Å². The molecule has 0 bridgehead atoms. The van der Waals surface area contributed by atoms with Crippen molar-refractivity contribution in [1.82, 2.24) is 0 Å². The van der Waals surface area contributed by atoms with Crippen LogP contribution in [-0.4, -0.2) is 6.61 Å². The summed E-state index contributed by atoms with van der Waals surface area (Å²) in [7, 11) is 0. The molecule has 2 N–H and O–H groups in total. The number of rotatable bonds is 6. The molecule has 1 aromatic rings. The van der Waals surface area contributed by atoms with Crippen molar-refractivity contribution in [1.29, 1.82) is 5.26 Å². The van der Waals surface area contributed by atoms with E-state index in [4.69, 9.17) is 15.7 Å². The molecule has 0 aliphatic rings. The number of nitriles is 1. The monoisotopic (exact) mass is 254 g/mol. The summed E-state index contributed by atoms with van der Waals surface area (Å²) in [5.74, 6) is 0.703. The number of hydrogen-bond donors (Lipinski definition) is 1. The molecule has 0 fully saturated rings. The highest BCUT2D eigenvalue weighted by Crippen LogP contribution is 2.28. The van der Waals surface area contributed by atoms with E-state index in [1.54, 1.807) is 12.1 Å². The largest absolute Gasteiger partial charge is 0.493 e. The van der Waals surface area contributed by atoms with Crippen LogP contribution < -0.4 is 10.5 Å². The lowest BCUT2D eigenvalue weighted by atomic mass is 10.0. The molecule has 1 rings (SSSR count). The summed E-state index contributed by atoms with van der Waals surface area (Å²) < 4.78 is 5.70. The van der Waals surface area contributed by atoms with Crippen molar-refractivity contribution in [3.05, 3.63) is 60.3 Å². The van der Waals surface area contributed by atoms with Gasteiger partial charge in [-0.25, -0.2) is 0 Å². The van der Waals surface area contributed by atoms with E-state index < -0.39 is 0 Å². The first-order valence-electron chi connectivity index (χ1n) is 6.06. The fraction of sp³-hybridized carbons (Fsp3) is 0.188. The molecule has 0 aliphatic carbocycles. The Morgan fingerprint density at radius 1 is 1.47 bits per heavy atom. The molecule has 19 heavy (non-hydrogen) atoms. The highest BCUT2D eigenvalue weighted by Gasteiger charge is 2.09. The van der Waals surface area contributed by atoms with E-state index in [9.17, 15) is 0 Å². The van der Waals surface area contributed by atoms with Crippen molar-refractivity contribution in [2.45, 2.75) is 13.3 Å². The van der Waals surface area contributed by atoms with Crippen LogP contribution in [-0.2, 0) is 0 Å². The molecule has 0 atom stereocenters. The van der Waals surface area contributed by atoms with Crippen molar-refractivity contribution in [2.75, 3.05) is 6.61 Å². The van der Waals surface area contributed by atoms with Crippen molar-refractivity contribution in [2.24, 2.45) is 5.73 Å². The van der Waals surface area contributed by atoms with E-state index in [2.05, 4.69) is 12.6 Å². The van der Waals surface area contributed by atoms with Crippen LogP contribution in [0.3, 0.4) is 0 Å². The molecule has 0 spiro atoms. The minimum atomic E-state index is 0.546. The van der Waals surface area contributed by atoms with Gasteiger partial charge in [-0.2, -0.15) is 5.26 Å². The van der Waals surface area contributed by atoms with Gasteiger partial charge in [-0.15, -0.1) is 0 Å². The molecule has 0 heterocycles. The maximum Gasteiger partial charge on any atom is 0.128 e. The molecule has 0 aliphatic heterocycles. The number of nitrogens with zero attached hydrogens (tertiary/aromatic N) is 1. The van der Waals surface area contributed by atoms with Gasteiger partial charge in [-0.3, -0.25) is 0 Å². The summed E-state index contributed by atoms with van der Waals surface area (Å²) >= 11 is 0. The van der Waals surface area contributed by atoms with Crippen LogP contribution in [0.2, 0.25) is 0 Å². The predicted octanol–water partition coefficient (Wildman–Crippen LogP) is 3.39. The molecular formula is C16H18N2O. The SMILES string of the molecule is C=C(C)c1c(C#N)cccc1OCC/C=C\C=C/N. The van der Waals surface area contributed by atoms with Crippen LogP contribution in [0.25, 0.3) is 5.57 Å². The first-order chi connectivity index (χ1) is 9.20. The summed E-state index contributed by atoms with van der Waals surface area (Å²) in [4.78, 5) is 0. The quantitative estimate of drug-likeness (QED) is 0.625. The molecule has 3 heteroatoms. The number of benzene rings is 1. The Balaban J connectivity index is 2.74. The predicted molar refractivity (Wildman–Crippen MR) is 78.4 cm³/mol. The number of hydrogen-bond acceptors (Lipinski definition) is 3. The average molecular weight is 254 g/mol.